The average Bonchev–Trinajstić information content (AvgIpc) is 3.01. The third-order valence-electron chi connectivity index (χ3n) is 3.56. The Balaban J connectivity index is 1.81. The Bertz CT molecular complexity index is 871. The molecule has 0 spiro atoms. The van der Waals surface area contributed by atoms with E-state index in [-0.39, 0.29) is 11.6 Å². The molecule has 2 heterocycles. The van der Waals surface area contributed by atoms with Gasteiger partial charge in [-0.1, -0.05) is 6.07 Å². The largest absolute Gasteiger partial charge is 0.495 e. The second-order valence-electron chi connectivity index (χ2n) is 5.28. The van der Waals surface area contributed by atoms with E-state index in [1.54, 1.807) is 36.2 Å². The van der Waals surface area contributed by atoms with Crippen LogP contribution in [-0.2, 0) is 0 Å². The number of carbonyl (C=O) groups excluding carboxylic acids is 1. The maximum absolute atomic E-state index is 12.4. The van der Waals surface area contributed by atoms with E-state index in [1.807, 2.05) is 32.0 Å². The fraction of sp³-hybridized carbons (Fsp3) is 0.176. The zero-order valence-corrected chi connectivity index (χ0v) is 13.6. The topological polar surface area (TPSA) is 81.9 Å². The highest BCUT2D eigenvalue weighted by atomic mass is 16.5. The van der Waals surface area contributed by atoms with Crippen molar-refractivity contribution in [2.24, 2.45) is 0 Å². The summed E-state index contributed by atoms with van der Waals surface area (Å²) in [5, 5.41) is 10.9. The summed E-state index contributed by atoms with van der Waals surface area (Å²) in [6, 6.07) is 8.91. The van der Waals surface area contributed by atoms with Gasteiger partial charge in [0.15, 0.2) is 11.5 Å². The van der Waals surface area contributed by atoms with Crippen LogP contribution in [-0.4, -0.2) is 32.8 Å². The van der Waals surface area contributed by atoms with Crippen LogP contribution < -0.4 is 10.1 Å². The summed E-state index contributed by atoms with van der Waals surface area (Å²) in [6.07, 6.45) is 3.47. The Kier molecular flexibility index (Phi) is 4.24. The zero-order valence-electron chi connectivity index (χ0n) is 13.6. The molecule has 0 fully saturated rings. The number of aromatic nitrogens is 4. The van der Waals surface area contributed by atoms with Crippen molar-refractivity contribution in [2.75, 3.05) is 12.4 Å². The number of nitrogens with one attached hydrogen (secondary N) is 1. The van der Waals surface area contributed by atoms with Gasteiger partial charge in [-0.05, 0) is 43.7 Å². The number of hydrogen-bond acceptors (Lipinski definition) is 5. The predicted octanol–water partition coefficient (Wildman–Crippen LogP) is 2.54. The van der Waals surface area contributed by atoms with Gasteiger partial charge in [0.25, 0.3) is 5.91 Å². The van der Waals surface area contributed by atoms with Gasteiger partial charge in [-0.25, -0.2) is 4.98 Å². The van der Waals surface area contributed by atoms with Crippen molar-refractivity contribution < 1.29 is 9.53 Å². The maximum Gasteiger partial charge on any atom is 0.276 e. The molecule has 1 N–H and O–H groups in total. The highest BCUT2D eigenvalue weighted by Gasteiger charge is 2.12. The number of ether oxygens (including phenoxy) is 1. The number of anilines is 1. The molecule has 0 saturated carbocycles. The minimum absolute atomic E-state index is 0.222. The van der Waals surface area contributed by atoms with Crippen molar-refractivity contribution in [3.05, 3.63) is 59.8 Å². The number of benzene rings is 1. The molecule has 0 aliphatic carbocycles. The first-order valence-electron chi connectivity index (χ1n) is 7.38. The third-order valence-corrected chi connectivity index (χ3v) is 3.56. The van der Waals surface area contributed by atoms with Gasteiger partial charge in [-0.3, -0.25) is 9.36 Å². The SMILES string of the molecule is COc1ccc(C)cc1NC(=O)c1ccc(-n2ccnc2C)nn1. The van der Waals surface area contributed by atoms with Crippen molar-refractivity contribution >= 4 is 11.6 Å². The molecule has 0 radical (unpaired) electrons. The van der Waals surface area contributed by atoms with Crippen LogP contribution in [0.15, 0.2) is 42.7 Å². The van der Waals surface area contributed by atoms with E-state index in [2.05, 4.69) is 20.5 Å². The van der Waals surface area contributed by atoms with E-state index in [4.69, 9.17) is 4.74 Å². The van der Waals surface area contributed by atoms with Crippen LogP contribution in [0.4, 0.5) is 5.69 Å². The van der Waals surface area contributed by atoms with E-state index in [1.165, 1.54) is 0 Å². The van der Waals surface area contributed by atoms with Crippen LogP contribution in [0.5, 0.6) is 5.75 Å². The number of carbonyl (C=O) groups is 1. The first-order chi connectivity index (χ1) is 11.6. The van der Waals surface area contributed by atoms with Crippen LogP contribution in [0.2, 0.25) is 0 Å². The number of amides is 1. The molecule has 1 amide bonds. The van der Waals surface area contributed by atoms with Crippen LogP contribution in [0.1, 0.15) is 21.9 Å². The molecule has 0 aliphatic heterocycles. The molecule has 0 unspecified atom stereocenters. The van der Waals surface area contributed by atoms with Gasteiger partial charge in [0.1, 0.15) is 11.6 Å². The van der Waals surface area contributed by atoms with E-state index < -0.39 is 0 Å². The summed E-state index contributed by atoms with van der Waals surface area (Å²) in [4.78, 5) is 16.5. The zero-order chi connectivity index (χ0) is 17.1. The van der Waals surface area contributed by atoms with Crippen molar-refractivity contribution in [2.45, 2.75) is 13.8 Å². The van der Waals surface area contributed by atoms with E-state index in [0.717, 1.165) is 11.4 Å². The van der Waals surface area contributed by atoms with Crippen molar-refractivity contribution in [1.82, 2.24) is 19.7 Å². The molecule has 0 atom stereocenters. The maximum atomic E-state index is 12.4. The Morgan fingerprint density at radius 1 is 1.17 bits per heavy atom. The van der Waals surface area contributed by atoms with E-state index in [9.17, 15) is 4.79 Å². The Morgan fingerprint density at radius 3 is 2.62 bits per heavy atom. The molecule has 0 saturated heterocycles. The second kappa shape index (κ2) is 6.49. The molecular weight excluding hydrogens is 306 g/mol. The first kappa shape index (κ1) is 15.7. The molecule has 122 valence electrons. The molecule has 0 bridgehead atoms. The summed E-state index contributed by atoms with van der Waals surface area (Å²) in [6.45, 7) is 3.81. The molecule has 0 aliphatic rings. The number of methoxy groups -OCH3 is 1. The van der Waals surface area contributed by atoms with Crippen molar-refractivity contribution in [1.29, 1.82) is 0 Å². The van der Waals surface area contributed by atoms with Gasteiger partial charge in [-0.2, -0.15) is 0 Å². The van der Waals surface area contributed by atoms with Crippen LogP contribution in [0.3, 0.4) is 0 Å². The number of imidazole rings is 1. The fourth-order valence-corrected chi connectivity index (χ4v) is 2.30. The van der Waals surface area contributed by atoms with Crippen molar-refractivity contribution in [3.8, 4) is 11.6 Å². The average molecular weight is 323 g/mol. The third kappa shape index (κ3) is 3.10. The van der Waals surface area contributed by atoms with Gasteiger partial charge in [0, 0.05) is 12.4 Å². The normalized spacial score (nSPS) is 10.5. The molecule has 3 aromatic rings. The summed E-state index contributed by atoms with van der Waals surface area (Å²) in [7, 11) is 1.56. The Hall–Kier alpha value is -3.22. The van der Waals surface area contributed by atoms with Gasteiger partial charge >= 0.3 is 0 Å². The van der Waals surface area contributed by atoms with Gasteiger partial charge in [-0.15, -0.1) is 10.2 Å². The number of hydrogen-bond donors (Lipinski definition) is 1. The molecular formula is C17H17N5O2. The summed E-state index contributed by atoms with van der Waals surface area (Å²) < 4.78 is 7.05. The quantitative estimate of drug-likeness (QED) is 0.798. The van der Waals surface area contributed by atoms with Gasteiger partial charge in [0.2, 0.25) is 0 Å². The summed E-state index contributed by atoms with van der Waals surface area (Å²) in [5.41, 5.74) is 1.84. The molecule has 7 heteroatoms. The molecule has 7 nitrogen and oxygen atoms in total. The minimum atomic E-state index is -0.347. The Labute approximate surface area is 139 Å². The van der Waals surface area contributed by atoms with Crippen LogP contribution >= 0.6 is 0 Å². The standard InChI is InChI=1S/C17H17N5O2/c1-11-4-6-15(24-3)14(10-11)19-17(23)13-5-7-16(21-20-13)22-9-8-18-12(22)2/h4-10H,1-3H3,(H,19,23). The van der Waals surface area contributed by atoms with Crippen molar-refractivity contribution in [3.63, 3.8) is 0 Å². The van der Waals surface area contributed by atoms with Gasteiger partial charge < -0.3 is 10.1 Å². The molecule has 3 rings (SSSR count). The molecule has 1 aromatic carbocycles. The minimum Gasteiger partial charge on any atom is -0.495 e. The van der Waals surface area contributed by atoms with Gasteiger partial charge in [0.05, 0.1) is 12.8 Å². The smallest absolute Gasteiger partial charge is 0.276 e. The van der Waals surface area contributed by atoms with E-state index >= 15 is 0 Å². The highest BCUT2D eigenvalue weighted by Crippen LogP contribution is 2.25. The lowest BCUT2D eigenvalue weighted by Crippen LogP contribution is -2.15. The fourth-order valence-electron chi connectivity index (χ4n) is 2.30. The summed E-state index contributed by atoms with van der Waals surface area (Å²) >= 11 is 0. The lowest BCUT2D eigenvalue weighted by molar-refractivity contribution is 0.102. The number of aryl methyl sites for hydroxylation is 2. The van der Waals surface area contributed by atoms with E-state index in [0.29, 0.717) is 17.3 Å². The Morgan fingerprint density at radius 2 is 2.00 bits per heavy atom. The lowest BCUT2D eigenvalue weighted by atomic mass is 10.2. The predicted molar refractivity (Wildman–Crippen MR) is 89.6 cm³/mol. The van der Waals surface area contributed by atoms with Crippen LogP contribution in [0.25, 0.3) is 5.82 Å². The highest BCUT2D eigenvalue weighted by molar-refractivity contribution is 6.03. The second-order valence-corrected chi connectivity index (χ2v) is 5.28. The number of nitrogens with zero attached hydrogens (tertiary/aromatic N) is 4. The van der Waals surface area contributed by atoms with Crippen LogP contribution in [0, 0.1) is 13.8 Å². The summed E-state index contributed by atoms with van der Waals surface area (Å²) in [5.74, 6) is 1.65. The lowest BCUT2D eigenvalue weighted by Gasteiger charge is -2.10. The first-order valence-corrected chi connectivity index (χ1v) is 7.38. The number of rotatable bonds is 4. The molecule has 2 aromatic heterocycles. The monoisotopic (exact) mass is 323 g/mol. The molecule has 24 heavy (non-hydrogen) atoms.